The number of hydrogen-bond acceptors (Lipinski definition) is 3. The number of ether oxygens (including phenoxy) is 1. The van der Waals surface area contributed by atoms with Gasteiger partial charge in [0.1, 0.15) is 5.75 Å². The van der Waals surface area contributed by atoms with Crippen LogP contribution < -0.4 is 4.74 Å². The van der Waals surface area contributed by atoms with Gasteiger partial charge in [0.15, 0.2) is 0 Å². The summed E-state index contributed by atoms with van der Waals surface area (Å²) in [6.45, 7) is 6.49. The van der Waals surface area contributed by atoms with Crippen molar-refractivity contribution in [1.82, 2.24) is 9.80 Å². The highest BCUT2D eigenvalue weighted by Gasteiger charge is 2.32. The molecule has 1 saturated heterocycles. The number of hydrogen-bond donors (Lipinski definition) is 0. The zero-order valence-electron chi connectivity index (χ0n) is 12.8. The molecule has 4 nitrogen and oxygen atoms in total. The average Bonchev–Trinajstić information content (AvgIpc) is 3.34. The van der Waals surface area contributed by atoms with E-state index in [0.29, 0.717) is 13.0 Å². The van der Waals surface area contributed by atoms with E-state index in [0.717, 1.165) is 43.5 Å². The van der Waals surface area contributed by atoms with Gasteiger partial charge in [-0.3, -0.25) is 9.69 Å². The Morgan fingerprint density at radius 3 is 2.38 bits per heavy atom. The lowest BCUT2D eigenvalue weighted by molar-refractivity contribution is -0.132. The molecule has 0 bridgehead atoms. The number of carbonyl (C=O) groups is 1. The van der Waals surface area contributed by atoms with Gasteiger partial charge in [0.25, 0.3) is 0 Å². The number of benzene rings is 1. The van der Waals surface area contributed by atoms with E-state index < -0.39 is 0 Å². The maximum atomic E-state index is 12.3. The minimum atomic E-state index is 0.245. The van der Waals surface area contributed by atoms with Gasteiger partial charge in [-0.1, -0.05) is 12.1 Å². The summed E-state index contributed by atoms with van der Waals surface area (Å²) >= 11 is 0. The molecule has 1 aromatic rings. The fourth-order valence-electron chi connectivity index (χ4n) is 2.93. The molecule has 1 saturated carbocycles. The monoisotopic (exact) mass is 288 g/mol. The van der Waals surface area contributed by atoms with Gasteiger partial charge in [-0.25, -0.2) is 0 Å². The van der Waals surface area contributed by atoms with Crippen LogP contribution in [-0.4, -0.2) is 54.5 Å². The molecular formula is C17H24N2O2. The average molecular weight is 288 g/mol. The Kier molecular flexibility index (Phi) is 4.44. The molecule has 1 aliphatic carbocycles. The SMILES string of the molecule is CCOc1ccc(CC(=O)N2CCN(C3CC3)CC2)cc1. The zero-order chi connectivity index (χ0) is 14.7. The van der Waals surface area contributed by atoms with Crippen LogP contribution in [0.2, 0.25) is 0 Å². The van der Waals surface area contributed by atoms with Crippen molar-refractivity contribution in [2.45, 2.75) is 32.2 Å². The summed E-state index contributed by atoms with van der Waals surface area (Å²) in [6.07, 6.45) is 3.19. The summed E-state index contributed by atoms with van der Waals surface area (Å²) in [5.74, 6) is 1.11. The van der Waals surface area contributed by atoms with Crippen molar-refractivity contribution in [2.75, 3.05) is 32.8 Å². The molecule has 1 heterocycles. The van der Waals surface area contributed by atoms with Gasteiger partial charge in [0, 0.05) is 32.2 Å². The van der Waals surface area contributed by atoms with E-state index in [1.54, 1.807) is 0 Å². The predicted octanol–water partition coefficient (Wildman–Crippen LogP) is 1.93. The van der Waals surface area contributed by atoms with Crippen molar-refractivity contribution >= 4 is 5.91 Å². The molecule has 0 aromatic heterocycles. The molecule has 0 atom stereocenters. The van der Waals surface area contributed by atoms with E-state index in [-0.39, 0.29) is 5.91 Å². The normalized spacial score (nSPS) is 19.6. The molecule has 2 fully saturated rings. The minimum absolute atomic E-state index is 0.245. The summed E-state index contributed by atoms with van der Waals surface area (Å²) in [4.78, 5) is 16.9. The Morgan fingerprint density at radius 2 is 1.81 bits per heavy atom. The standard InChI is InChI=1S/C17H24N2O2/c1-2-21-16-7-3-14(4-8-16)13-17(20)19-11-9-18(10-12-19)15-5-6-15/h3-4,7-8,15H,2,5-6,9-13H2,1H3. The van der Waals surface area contributed by atoms with E-state index in [9.17, 15) is 4.79 Å². The van der Waals surface area contributed by atoms with Crippen LogP contribution in [0, 0.1) is 0 Å². The number of carbonyl (C=O) groups excluding carboxylic acids is 1. The molecule has 4 heteroatoms. The first-order valence-corrected chi connectivity index (χ1v) is 8.00. The lowest BCUT2D eigenvalue weighted by atomic mass is 10.1. The topological polar surface area (TPSA) is 32.8 Å². The summed E-state index contributed by atoms with van der Waals surface area (Å²) in [6, 6.07) is 8.68. The Bertz CT molecular complexity index is 474. The first kappa shape index (κ1) is 14.4. The van der Waals surface area contributed by atoms with Gasteiger partial charge < -0.3 is 9.64 Å². The number of nitrogens with zero attached hydrogens (tertiary/aromatic N) is 2. The molecule has 1 amide bonds. The maximum absolute atomic E-state index is 12.3. The minimum Gasteiger partial charge on any atom is -0.494 e. The highest BCUT2D eigenvalue weighted by molar-refractivity contribution is 5.79. The second kappa shape index (κ2) is 6.48. The van der Waals surface area contributed by atoms with E-state index >= 15 is 0 Å². The van der Waals surface area contributed by atoms with Crippen molar-refractivity contribution in [1.29, 1.82) is 0 Å². The smallest absolute Gasteiger partial charge is 0.227 e. The molecular weight excluding hydrogens is 264 g/mol. The van der Waals surface area contributed by atoms with Crippen molar-refractivity contribution < 1.29 is 9.53 Å². The Morgan fingerprint density at radius 1 is 1.14 bits per heavy atom. The quantitative estimate of drug-likeness (QED) is 0.830. The second-order valence-electron chi connectivity index (χ2n) is 5.90. The number of rotatable bonds is 5. The lowest BCUT2D eigenvalue weighted by Crippen LogP contribution is -2.49. The molecule has 1 aliphatic heterocycles. The molecule has 114 valence electrons. The first-order chi connectivity index (χ1) is 10.3. The van der Waals surface area contributed by atoms with Gasteiger partial charge >= 0.3 is 0 Å². The fraction of sp³-hybridized carbons (Fsp3) is 0.588. The van der Waals surface area contributed by atoms with Crippen molar-refractivity contribution in [3.05, 3.63) is 29.8 Å². The summed E-state index contributed by atoms with van der Waals surface area (Å²) in [5.41, 5.74) is 1.06. The Labute approximate surface area is 126 Å². The molecule has 1 aromatic carbocycles. The third-order valence-corrected chi connectivity index (χ3v) is 4.32. The summed E-state index contributed by atoms with van der Waals surface area (Å²) in [5, 5.41) is 0. The van der Waals surface area contributed by atoms with Gasteiger partial charge in [0.2, 0.25) is 5.91 Å². The molecule has 0 N–H and O–H groups in total. The van der Waals surface area contributed by atoms with Crippen LogP contribution in [-0.2, 0) is 11.2 Å². The third-order valence-electron chi connectivity index (χ3n) is 4.32. The van der Waals surface area contributed by atoms with Crippen LogP contribution in [0.4, 0.5) is 0 Å². The molecule has 21 heavy (non-hydrogen) atoms. The molecule has 3 rings (SSSR count). The molecule has 2 aliphatic rings. The first-order valence-electron chi connectivity index (χ1n) is 8.00. The highest BCUT2D eigenvalue weighted by Crippen LogP contribution is 2.27. The lowest BCUT2D eigenvalue weighted by Gasteiger charge is -2.34. The number of piperazine rings is 1. The molecule has 0 radical (unpaired) electrons. The van der Waals surface area contributed by atoms with E-state index in [1.807, 2.05) is 36.1 Å². The fourth-order valence-corrected chi connectivity index (χ4v) is 2.93. The van der Waals surface area contributed by atoms with Gasteiger partial charge in [-0.05, 0) is 37.5 Å². The van der Waals surface area contributed by atoms with E-state index in [4.69, 9.17) is 4.74 Å². The van der Waals surface area contributed by atoms with Crippen molar-refractivity contribution in [2.24, 2.45) is 0 Å². The highest BCUT2D eigenvalue weighted by atomic mass is 16.5. The Balaban J connectivity index is 1.49. The van der Waals surface area contributed by atoms with Crippen LogP contribution in [0.25, 0.3) is 0 Å². The van der Waals surface area contributed by atoms with Crippen LogP contribution >= 0.6 is 0 Å². The Hall–Kier alpha value is -1.55. The maximum Gasteiger partial charge on any atom is 0.227 e. The van der Waals surface area contributed by atoms with Gasteiger partial charge in [-0.15, -0.1) is 0 Å². The van der Waals surface area contributed by atoms with Crippen LogP contribution in [0.3, 0.4) is 0 Å². The van der Waals surface area contributed by atoms with Crippen LogP contribution in [0.1, 0.15) is 25.3 Å². The van der Waals surface area contributed by atoms with Crippen molar-refractivity contribution in [3.8, 4) is 5.75 Å². The van der Waals surface area contributed by atoms with E-state index in [2.05, 4.69) is 4.90 Å². The predicted molar refractivity (Wildman–Crippen MR) is 82.5 cm³/mol. The van der Waals surface area contributed by atoms with Crippen LogP contribution in [0.5, 0.6) is 5.75 Å². The summed E-state index contributed by atoms with van der Waals surface area (Å²) in [7, 11) is 0. The number of amides is 1. The van der Waals surface area contributed by atoms with Gasteiger partial charge in [0.05, 0.1) is 13.0 Å². The van der Waals surface area contributed by atoms with Crippen LogP contribution in [0.15, 0.2) is 24.3 Å². The zero-order valence-corrected chi connectivity index (χ0v) is 12.8. The third kappa shape index (κ3) is 3.76. The molecule has 0 spiro atoms. The van der Waals surface area contributed by atoms with E-state index in [1.165, 1.54) is 12.8 Å². The summed E-state index contributed by atoms with van der Waals surface area (Å²) < 4.78 is 5.42. The molecule has 0 unspecified atom stereocenters. The second-order valence-corrected chi connectivity index (χ2v) is 5.90. The van der Waals surface area contributed by atoms with Gasteiger partial charge in [-0.2, -0.15) is 0 Å². The largest absolute Gasteiger partial charge is 0.494 e. The van der Waals surface area contributed by atoms with Crippen molar-refractivity contribution in [3.63, 3.8) is 0 Å².